The first-order chi connectivity index (χ1) is 12.5. The van der Waals surface area contributed by atoms with E-state index in [0.717, 1.165) is 27.2 Å². The highest BCUT2D eigenvalue weighted by Crippen LogP contribution is 2.39. The molecule has 3 aromatic rings. The smallest absolute Gasteiger partial charge is 0.225 e. The average Bonchev–Trinajstić information content (AvgIpc) is 3.04. The summed E-state index contributed by atoms with van der Waals surface area (Å²) in [6, 6.07) is 8.71. The molecule has 3 nitrogen and oxygen atoms in total. The van der Waals surface area contributed by atoms with Crippen molar-refractivity contribution in [2.24, 2.45) is 0 Å². The third-order valence-corrected chi connectivity index (χ3v) is 5.32. The average molecular weight is 384 g/mol. The van der Waals surface area contributed by atoms with Gasteiger partial charge in [-0.3, -0.25) is 0 Å². The second kappa shape index (κ2) is 8.02. The van der Waals surface area contributed by atoms with E-state index in [9.17, 15) is 0 Å². The molecular formula is C21H22ClN3S. The van der Waals surface area contributed by atoms with E-state index in [1.165, 1.54) is 5.56 Å². The van der Waals surface area contributed by atoms with Crippen molar-refractivity contribution in [3.8, 4) is 11.1 Å². The number of fused-ring (bicyclic) bond motifs is 1. The molecule has 0 aliphatic rings. The van der Waals surface area contributed by atoms with Crippen LogP contribution in [-0.2, 0) is 0 Å². The van der Waals surface area contributed by atoms with Crippen LogP contribution in [-0.4, -0.2) is 23.1 Å². The molecular weight excluding hydrogens is 362 g/mol. The highest BCUT2D eigenvalue weighted by Gasteiger charge is 2.18. The first-order valence-electron chi connectivity index (χ1n) is 8.57. The minimum Gasteiger partial charge on any atom is -0.348 e. The monoisotopic (exact) mass is 383 g/mol. The van der Waals surface area contributed by atoms with E-state index in [0.29, 0.717) is 19.0 Å². The van der Waals surface area contributed by atoms with Crippen LogP contribution < -0.4 is 4.90 Å². The minimum atomic E-state index is 0.259. The molecule has 26 heavy (non-hydrogen) atoms. The van der Waals surface area contributed by atoms with E-state index in [2.05, 4.69) is 71.5 Å². The summed E-state index contributed by atoms with van der Waals surface area (Å²) >= 11 is 7.77. The van der Waals surface area contributed by atoms with Crippen LogP contribution in [0.15, 0.2) is 55.0 Å². The Morgan fingerprint density at radius 2 is 1.77 bits per heavy atom. The number of halogens is 1. The normalized spacial score (nSPS) is 11.1. The summed E-state index contributed by atoms with van der Waals surface area (Å²) in [6.45, 7) is 13.4. The number of hydrogen-bond donors (Lipinski definition) is 0. The third-order valence-electron chi connectivity index (χ3n) is 4.27. The molecule has 3 rings (SSSR count). The van der Waals surface area contributed by atoms with E-state index in [1.807, 2.05) is 12.2 Å². The molecule has 0 N–H and O–H groups in total. The molecule has 0 aliphatic heterocycles. The molecule has 1 aromatic carbocycles. The van der Waals surface area contributed by atoms with Gasteiger partial charge in [-0.25, -0.2) is 4.98 Å². The molecule has 0 spiro atoms. The zero-order chi connectivity index (χ0) is 18.7. The molecule has 0 fully saturated rings. The topological polar surface area (TPSA) is 29.0 Å². The van der Waals surface area contributed by atoms with Crippen molar-refractivity contribution >= 4 is 39.0 Å². The van der Waals surface area contributed by atoms with Gasteiger partial charge in [0.1, 0.15) is 10.6 Å². The summed E-state index contributed by atoms with van der Waals surface area (Å²) in [5.41, 5.74) is 3.61. The summed E-state index contributed by atoms with van der Waals surface area (Å²) in [4.78, 5) is 12.0. The summed E-state index contributed by atoms with van der Waals surface area (Å²) in [7, 11) is 0. The Kier molecular flexibility index (Phi) is 5.74. The predicted octanol–water partition coefficient (Wildman–Crippen LogP) is 6.31. The molecule has 0 bridgehead atoms. The number of rotatable bonds is 7. The van der Waals surface area contributed by atoms with Crippen LogP contribution in [0.5, 0.6) is 0 Å². The van der Waals surface area contributed by atoms with Crippen LogP contribution in [0, 0.1) is 0 Å². The number of hydrogen-bond acceptors (Lipinski definition) is 4. The van der Waals surface area contributed by atoms with Gasteiger partial charge in [0.15, 0.2) is 0 Å². The van der Waals surface area contributed by atoms with Gasteiger partial charge < -0.3 is 4.90 Å². The quantitative estimate of drug-likeness (QED) is 0.353. The van der Waals surface area contributed by atoms with Crippen molar-refractivity contribution in [1.82, 2.24) is 9.97 Å². The molecule has 2 aromatic heterocycles. The van der Waals surface area contributed by atoms with Crippen LogP contribution in [0.25, 0.3) is 21.3 Å². The molecule has 5 heteroatoms. The van der Waals surface area contributed by atoms with E-state index >= 15 is 0 Å². The maximum Gasteiger partial charge on any atom is 0.225 e. The van der Waals surface area contributed by atoms with Gasteiger partial charge in [-0.2, -0.15) is 4.98 Å². The lowest BCUT2D eigenvalue weighted by atomic mass is 9.99. The van der Waals surface area contributed by atoms with Gasteiger partial charge in [-0.05, 0) is 28.6 Å². The number of thiophene rings is 1. The fourth-order valence-electron chi connectivity index (χ4n) is 2.95. The Morgan fingerprint density at radius 1 is 1.12 bits per heavy atom. The lowest BCUT2D eigenvalue weighted by Gasteiger charge is -2.22. The molecule has 0 atom stereocenters. The van der Waals surface area contributed by atoms with Crippen LogP contribution in [0.3, 0.4) is 0 Å². The largest absolute Gasteiger partial charge is 0.348 e. The van der Waals surface area contributed by atoms with E-state index in [4.69, 9.17) is 11.6 Å². The Balaban J connectivity index is 2.18. The Bertz CT molecular complexity index is 918. The van der Waals surface area contributed by atoms with Gasteiger partial charge in [0.2, 0.25) is 5.28 Å². The zero-order valence-corrected chi connectivity index (χ0v) is 16.6. The van der Waals surface area contributed by atoms with Gasteiger partial charge >= 0.3 is 0 Å². The Labute approximate surface area is 163 Å². The van der Waals surface area contributed by atoms with Crippen molar-refractivity contribution in [1.29, 1.82) is 0 Å². The summed E-state index contributed by atoms with van der Waals surface area (Å²) < 4.78 is 0. The van der Waals surface area contributed by atoms with Gasteiger partial charge in [0, 0.05) is 24.0 Å². The fourth-order valence-corrected chi connectivity index (χ4v) is 4.10. The molecule has 0 saturated heterocycles. The van der Waals surface area contributed by atoms with Gasteiger partial charge in [0.25, 0.3) is 0 Å². The van der Waals surface area contributed by atoms with E-state index in [-0.39, 0.29) is 5.28 Å². The molecule has 0 radical (unpaired) electrons. The number of benzene rings is 1. The second-order valence-electron chi connectivity index (χ2n) is 6.40. The van der Waals surface area contributed by atoms with E-state index in [1.54, 1.807) is 11.3 Å². The van der Waals surface area contributed by atoms with Crippen molar-refractivity contribution < 1.29 is 0 Å². The van der Waals surface area contributed by atoms with Crippen molar-refractivity contribution in [3.63, 3.8) is 0 Å². The summed E-state index contributed by atoms with van der Waals surface area (Å²) in [5.74, 6) is 1.33. The molecule has 0 aliphatic carbocycles. The van der Waals surface area contributed by atoms with Gasteiger partial charge in [-0.15, -0.1) is 24.5 Å². The van der Waals surface area contributed by atoms with Crippen LogP contribution in [0.1, 0.15) is 25.3 Å². The molecule has 134 valence electrons. The lowest BCUT2D eigenvalue weighted by Crippen LogP contribution is -2.24. The SMILES string of the molecule is C=CCN(CC=C)c1nc(Cl)nc2scc(-c3ccc(C(C)C)cc3)c12. The van der Waals surface area contributed by atoms with Crippen molar-refractivity contribution in [3.05, 3.63) is 65.8 Å². The molecule has 0 amide bonds. The maximum atomic E-state index is 6.19. The number of aromatic nitrogens is 2. The highest BCUT2D eigenvalue weighted by atomic mass is 35.5. The van der Waals surface area contributed by atoms with Gasteiger partial charge in [-0.1, -0.05) is 50.3 Å². The Hall–Kier alpha value is -2.17. The van der Waals surface area contributed by atoms with E-state index < -0.39 is 0 Å². The van der Waals surface area contributed by atoms with Crippen LogP contribution in [0.2, 0.25) is 5.28 Å². The number of nitrogens with zero attached hydrogens (tertiary/aromatic N) is 3. The third kappa shape index (κ3) is 3.67. The first kappa shape index (κ1) is 18.6. The molecule has 2 heterocycles. The second-order valence-corrected chi connectivity index (χ2v) is 7.60. The van der Waals surface area contributed by atoms with Crippen molar-refractivity contribution in [2.45, 2.75) is 19.8 Å². The predicted molar refractivity (Wildman–Crippen MR) is 115 cm³/mol. The Morgan fingerprint density at radius 3 is 2.35 bits per heavy atom. The fraction of sp³-hybridized carbons (Fsp3) is 0.238. The van der Waals surface area contributed by atoms with Crippen molar-refractivity contribution in [2.75, 3.05) is 18.0 Å². The molecule has 0 unspecified atom stereocenters. The van der Waals surface area contributed by atoms with Crippen LogP contribution >= 0.6 is 22.9 Å². The summed E-state index contributed by atoms with van der Waals surface area (Å²) in [5, 5.41) is 3.42. The minimum absolute atomic E-state index is 0.259. The van der Waals surface area contributed by atoms with Crippen LogP contribution in [0.4, 0.5) is 5.82 Å². The molecule has 0 saturated carbocycles. The summed E-state index contributed by atoms with van der Waals surface area (Å²) in [6.07, 6.45) is 3.71. The first-order valence-corrected chi connectivity index (χ1v) is 9.82. The standard InChI is InChI=1S/C21H22ClN3S/c1-5-11-25(12-6-2)19-18-17(13-26-20(18)24-21(22)23-19)16-9-7-15(8-10-16)14(3)4/h5-10,13-14H,1-2,11-12H2,3-4H3. The highest BCUT2D eigenvalue weighted by molar-refractivity contribution is 7.17. The maximum absolute atomic E-state index is 6.19. The van der Waals surface area contributed by atoms with Gasteiger partial charge in [0.05, 0.1) is 5.39 Å². The lowest BCUT2D eigenvalue weighted by molar-refractivity contribution is 0.867. The zero-order valence-electron chi connectivity index (χ0n) is 15.1. The number of anilines is 1.